The van der Waals surface area contributed by atoms with Gasteiger partial charge >= 0.3 is 6.03 Å². The predicted molar refractivity (Wildman–Crippen MR) is 111 cm³/mol. The van der Waals surface area contributed by atoms with Crippen molar-refractivity contribution < 1.29 is 14.3 Å². The summed E-state index contributed by atoms with van der Waals surface area (Å²) < 4.78 is 7.36. The number of benzene rings is 1. The zero-order valence-corrected chi connectivity index (χ0v) is 17.0. The molecule has 7 heteroatoms. The van der Waals surface area contributed by atoms with Crippen molar-refractivity contribution in [2.45, 2.75) is 44.3 Å². The molecule has 4 rings (SSSR count). The summed E-state index contributed by atoms with van der Waals surface area (Å²) in [6, 6.07) is 11.5. The number of urea groups is 1. The van der Waals surface area contributed by atoms with Crippen LogP contribution in [-0.4, -0.2) is 52.0 Å². The van der Waals surface area contributed by atoms with E-state index in [4.69, 9.17) is 4.74 Å². The SMILES string of the molecule is COc1ccccc1NC(=O)N(CC(=O)N(Cc1cccn1C)C1CC1)C1CC1. The van der Waals surface area contributed by atoms with Gasteiger partial charge in [-0.2, -0.15) is 0 Å². The molecule has 0 atom stereocenters. The lowest BCUT2D eigenvalue weighted by atomic mass is 10.3. The summed E-state index contributed by atoms with van der Waals surface area (Å²) in [4.78, 5) is 29.7. The van der Waals surface area contributed by atoms with E-state index in [2.05, 4.69) is 5.32 Å². The third kappa shape index (κ3) is 4.55. The van der Waals surface area contributed by atoms with E-state index >= 15 is 0 Å². The van der Waals surface area contributed by atoms with E-state index in [9.17, 15) is 9.59 Å². The van der Waals surface area contributed by atoms with Crippen LogP contribution in [0.3, 0.4) is 0 Å². The molecule has 2 aliphatic carbocycles. The zero-order chi connectivity index (χ0) is 20.4. The average Bonchev–Trinajstić information content (AvgIpc) is 3.64. The lowest BCUT2D eigenvalue weighted by Crippen LogP contribution is -2.46. The molecular formula is C22H28N4O3. The summed E-state index contributed by atoms with van der Waals surface area (Å²) in [5.41, 5.74) is 1.71. The number of amides is 3. The van der Waals surface area contributed by atoms with Crippen molar-refractivity contribution in [3.63, 3.8) is 0 Å². The van der Waals surface area contributed by atoms with Gasteiger partial charge in [-0.15, -0.1) is 0 Å². The van der Waals surface area contributed by atoms with Gasteiger partial charge in [-0.3, -0.25) is 4.79 Å². The Labute approximate surface area is 171 Å². The number of carbonyl (C=O) groups is 2. The minimum Gasteiger partial charge on any atom is -0.495 e. The van der Waals surface area contributed by atoms with E-state index in [1.54, 1.807) is 24.1 Å². The lowest BCUT2D eigenvalue weighted by Gasteiger charge is -2.28. The quantitative estimate of drug-likeness (QED) is 0.745. The van der Waals surface area contributed by atoms with Gasteiger partial charge < -0.3 is 24.4 Å². The number of nitrogens with one attached hydrogen (secondary N) is 1. The van der Waals surface area contributed by atoms with Crippen LogP contribution in [0.1, 0.15) is 31.4 Å². The molecule has 7 nitrogen and oxygen atoms in total. The Hall–Kier alpha value is -2.96. The first-order chi connectivity index (χ1) is 14.1. The minimum absolute atomic E-state index is 0.00998. The van der Waals surface area contributed by atoms with E-state index in [0.29, 0.717) is 18.0 Å². The minimum atomic E-state index is -0.250. The summed E-state index contributed by atoms with van der Waals surface area (Å²) in [5.74, 6) is 0.613. The van der Waals surface area contributed by atoms with Crippen molar-refractivity contribution in [3.8, 4) is 5.75 Å². The third-order valence-electron chi connectivity index (χ3n) is 5.59. The smallest absolute Gasteiger partial charge is 0.322 e. The van der Waals surface area contributed by atoms with Gasteiger partial charge in [0.15, 0.2) is 0 Å². The van der Waals surface area contributed by atoms with Crippen molar-refractivity contribution in [1.82, 2.24) is 14.4 Å². The van der Waals surface area contributed by atoms with E-state index in [0.717, 1.165) is 31.4 Å². The number of hydrogen-bond acceptors (Lipinski definition) is 3. The highest BCUT2D eigenvalue weighted by Gasteiger charge is 2.38. The molecule has 0 bridgehead atoms. The Morgan fingerprint density at radius 3 is 2.38 bits per heavy atom. The van der Waals surface area contributed by atoms with Crippen LogP contribution < -0.4 is 10.1 Å². The molecule has 1 aromatic carbocycles. The van der Waals surface area contributed by atoms with Crippen molar-refractivity contribution in [3.05, 3.63) is 48.3 Å². The Balaban J connectivity index is 1.45. The maximum Gasteiger partial charge on any atom is 0.322 e. The van der Waals surface area contributed by atoms with Crippen molar-refractivity contribution >= 4 is 17.6 Å². The molecule has 2 fully saturated rings. The Kier molecular flexibility index (Phi) is 5.47. The molecule has 3 amide bonds. The molecule has 2 saturated carbocycles. The molecule has 0 radical (unpaired) electrons. The highest BCUT2D eigenvalue weighted by atomic mass is 16.5. The van der Waals surface area contributed by atoms with Crippen molar-refractivity contribution in [2.75, 3.05) is 19.0 Å². The number of para-hydroxylation sites is 2. The molecule has 1 heterocycles. The number of nitrogens with zero attached hydrogens (tertiary/aromatic N) is 3. The Morgan fingerprint density at radius 1 is 1.07 bits per heavy atom. The molecule has 0 aliphatic heterocycles. The first-order valence-corrected chi connectivity index (χ1v) is 10.2. The summed E-state index contributed by atoms with van der Waals surface area (Å²) in [7, 11) is 3.56. The van der Waals surface area contributed by atoms with Crippen LogP contribution in [0.15, 0.2) is 42.6 Å². The number of methoxy groups -OCH3 is 1. The van der Waals surface area contributed by atoms with Crippen LogP contribution in [-0.2, 0) is 18.4 Å². The van der Waals surface area contributed by atoms with Gasteiger partial charge in [0.05, 0.1) is 19.3 Å². The fraction of sp³-hybridized carbons (Fsp3) is 0.455. The van der Waals surface area contributed by atoms with Crippen LogP contribution in [0.5, 0.6) is 5.75 Å². The molecule has 0 spiro atoms. The number of aromatic nitrogens is 1. The highest BCUT2D eigenvalue weighted by Crippen LogP contribution is 2.32. The first-order valence-electron chi connectivity index (χ1n) is 10.2. The van der Waals surface area contributed by atoms with Crippen LogP contribution in [0, 0.1) is 0 Å². The molecule has 154 valence electrons. The Bertz CT molecular complexity index is 886. The van der Waals surface area contributed by atoms with E-state index in [-0.39, 0.29) is 30.6 Å². The number of hydrogen-bond donors (Lipinski definition) is 1. The third-order valence-corrected chi connectivity index (χ3v) is 5.59. The lowest BCUT2D eigenvalue weighted by molar-refractivity contribution is -0.133. The second-order valence-electron chi connectivity index (χ2n) is 7.85. The molecule has 1 aromatic heterocycles. The topological polar surface area (TPSA) is 66.8 Å². The second kappa shape index (κ2) is 8.19. The zero-order valence-electron chi connectivity index (χ0n) is 17.0. The molecule has 29 heavy (non-hydrogen) atoms. The fourth-order valence-electron chi connectivity index (χ4n) is 3.57. The van der Waals surface area contributed by atoms with E-state index in [1.807, 2.05) is 47.0 Å². The normalized spacial score (nSPS) is 15.7. The molecule has 0 unspecified atom stereocenters. The summed E-state index contributed by atoms with van der Waals surface area (Å²) in [6.45, 7) is 0.687. The van der Waals surface area contributed by atoms with Crippen LogP contribution in [0.2, 0.25) is 0 Å². The van der Waals surface area contributed by atoms with Gasteiger partial charge in [-0.25, -0.2) is 4.79 Å². The van der Waals surface area contributed by atoms with Gasteiger partial charge in [0.1, 0.15) is 12.3 Å². The second-order valence-corrected chi connectivity index (χ2v) is 7.85. The van der Waals surface area contributed by atoms with E-state index in [1.165, 1.54) is 0 Å². The highest BCUT2D eigenvalue weighted by molar-refractivity contribution is 5.94. The molecule has 2 aromatic rings. The number of aryl methyl sites for hydroxylation is 1. The molecule has 1 N–H and O–H groups in total. The van der Waals surface area contributed by atoms with Gasteiger partial charge in [0.2, 0.25) is 5.91 Å². The van der Waals surface area contributed by atoms with Crippen molar-refractivity contribution in [2.24, 2.45) is 7.05 Å². The summed E-state index contributed by atoms with van der Waals surface area (Å²) >= 11 is 0. The fourth-order valence-corrected chi connectivity index (χ4v) is 3.57. The number of anilines is 1. The standard InChI is InChI=1S/C22H28N4O3/c1-24-13-5-6-18(24)14-25(16-9-10-16)21(27)15-26(17-11-12-17)22(28)23-19-7-3-4-8-20(19)29-2/h3-8,13,16-17H,9-12,14-15H2,1-2H3,(H,23,28). The van der Waals surface area contributed by atoms with Crippen molar-refractivity contribution in [1.29, 1.82) is 0 Å². The first kappa shape index (κ1) is 19.4. The number of ether oxygens (including phenoxy) is 1. The monoisotopic (exact) mass is 396 g/mol. The molecule has 0 saturated heterocycles. The van der Waals surface area contributed by atoms with Crippen LogP contribution in [0.25, 0.3) is 0 Å². The number of rotatable bonds is 8. The largest absolute Gasteiger partial charge is 0.495 e. The van der Waals surface area contributed by atoms with Crippen LogP contribution in [0.4, 0.5) is 10.5 Å². The predicted octanol–water partition coefficient (Wildman–Crippen LogP) is 3.22. The Morgan fingerprint density at radius 2 is 1.76 bits per heavy atom. The molecular weight excluding hydrogens is 368 g/mol. The molecule has 2 aliphatic rings. The van der Waals surface area contributed by atoms with Gasteiger partial charge in [-0.05, 0) is 49.9 Å². The van der Waals surface area contributed by atoms with Crippen LogP contribution >= 0.6 is 0 Å². The van der Waals surface area contributed by atoms with Gasteiger partial charge in [0, 0.05) is 31.0 Å². The summed E-state index contributed by atoms with van der Waals surface area (Å²) in [5, 5.41) is 2.91. The summed E-state index contributed by atoms with van der Waals surface area (Å²) in [6.07, 6.45) is 5.93. The maximum absolute atomic E-state index is 13.2. The average molecular weight is 396 g/mol. The number of carbonyl (C=O) groups excluding carboxylic acids is 2. The maximum atomic E-state index is 13.2. The van der Waals surface area contributed by atoms with Gasteiger partial charge in [-0.1, -0.05) is 12.1 Å². The van der Waals surface area contributed by atoms with E-state index < -0.39 is 0 Å². The van der Waals surface area contributed by atoms with Gasteiger partial charge in [0.25, 0.3) is 0 Å².